The molecule has 0 unspecified atom stereocenters. The Kier molecular flexibility index (Phi) is 5.92. The van der Waals surface area contributed by atoms with Crippen LogP contribution in [0, 0.1) is 3.57 Å². The van der Waals surface area contributed by atoms with Gasteiger partial charge in [0.1, 0.15) is 5.75 Å². The molecule has 4 nitrogen and oxygen atoms in total. The van der Waals surface area contributed by atoms with E-state index >= 15 is 0 Å². The molecule has 0 spiro atoms. The number of aromatic hydroxyl groups is 1. The first kappa shape index (κ1) is 15.9. The molecule has 0 saturated carbocycles. The van der Waals surface area contributed by atoms with Gasteiger partial charge >= 0.3 is 0 Å². The van der Waals surface area contributed by atoms with Gasteiger partial charge in [0.2, 0.25) is 0 Å². The Morgan fingerprint density at radius 3 is 2.85 bits per heavy atom. The van der Waals surface area contributed by atoms with E-state index in [0.29, 0.717) is 18.0 Å². The van der Waals surface area contributed by atoms with Crippen LogP contribution in [0.3, 0.4) is 0 Å². The Labute approximate surface area is 137 Å². The number of phenolic OH excluding ortho intramolecular Hbond substituents is 1. The van der Waals surface area contributed by atoms with Crippen molar-refractivity contribution in [1.29, 1.82) is 0 Å². The molecular formula is C14H18ClIN2O2. The van der Waals surface area contributed by atoms with Crippen LogP contribution in [-0.2, 0) is 0 Å². The van der Waals surface area contributed by atoms with Crippen molar-refractivity contribution in [3.05, 3.63) is 27.3 Å². The van der Waals surface area contributed by atoms with Crippen LogP contribution in [0.15, 0.2) is 18.2 Å². The van der Waals surface area contributed by atoms with Crippen molar-refractivity contribution < 1.29 is 9.90 Å². The highest BCUT2D eigenvalue weighted by Gasteiger charge is 2.22. The third-order valence-electron chi connectivity index (χ3n) is 3.47. The molecule has 0 radical (unpaired) electrons. The summed E-state index contributed by atoms with van der Waals surface area (Å²) >= 11 is 7.91. The number of hydrogen-bond donors (Lipinski definition) is 1. The maximum absolute atomic E-state index is 12.5. The number of carbonyl (C=O) groups is 1. The van der Waals surface area contributed by atoms with E-state index in [2.05, 4.69) is 27.5 Å². The van der Waals surface area contributed by atoms with E-state index in [-0.39, 0.29) is 11.7 Å². The molecule has 1 aliphatic heterocycles. The number of halogens is 2. The number of rotatable bonds is 3. The lowest BCUT2D eigenvalue weighted by Crippen LogP contribution is -2.35. The fourth-order valence-electron chi connectivity index (χ4n) is 2.37. The molecule has 0 atom stereocenters. The number of phenols is 1. The van der Waals surface area contributed by atoms with Gasteiger partial charge in [0.25, 0.3) is 5.91 Å². The van der Waals surface area contributed by atoms with Crippen LogP contribution >= 0.6 is 34.2 Å². The number of alkyl halides is 1. The van der Waals surface area contributed by atoms with Crippen molar-refractivity contribution >= 4 is 40.1 Å². The third kappa shape index (κ3) is 3.99. The second-order valence-electron chi connectivity index (χ2n) is 4.84. The van der Waals surface area contributed by atoms with Gasteiger partial charge in [-0.1, -0.05) is 0 Å². The van der Waals surface area contributed by atoms with E-state index in [1.54, 1.807) is 18.2 Å². The zero-order valence-electron chi connectivity index (χ0n) is 11.2. The van der Waals surface area contributed by atoms with Crippen molar-refractivity contribution in [3.8, 4) is 5.75 Å². The lowest BCUT2D eigenvalue weighted by Gasteiger charge is -2.22. The molecule has 1 amide bonds. The van der Waals surface area contributed by atoms with Crippen LogP contribution < -0.4 is 0 Å². The molecule has 1 aromatic carbocycles. The van der Waals surface area contributed by atoms with Crippen molar-refractivity contribution in [1.82, 2.24) is 9.80 Å². The molecule has 1 aliphatic rings. The molecule has 0 bridgehead atoms. The SMILES string of the molecule is O=C(c1cc(I)ccc1O)N1CCCN(CCCl)CC1. The molecule has 2 rings (SSSR count). The van der Waals surface area contributed by atoms with E-state index < -0.39 is 0 Å². The summed E-state index contributed by atoms with van der Waals surface area (Å²) in [5.41, 5.74) is 0.391. The van der Waals surface area contributed by atoms with Gasteiger partial charge in [-0.3, -0.25) is 4.79 Å². The van der Waals surface area contributed by atoms with Crippen LogP contribution in [0.1, 0.15) is 16.8 Å². The zero-order valence-corrected chi connectivity index (χ0v) is 14.1. The zero-order chi connectivity index (χ0) is 14.5. The first-order valence-electron chi connectivity index (χ1n) is 6.68. The Hall–Kier alpha value is -0.530. The highest BCUT2D eigenvalue weighted by Crippen LogP contribution is 2.22. The van der Waals surface area contributed by atoms with Gasteiger partial charge in [-0.2, -0.15) is 0 Å². The Morgan fingerprint density at radius 2 is 2.10 bits per heavy atom. The van der Waals surface area contributed by atoms with Crippen molar-refractivity contribution in [2.24, 2.45) is 0 Å². The minimum Gasteiger partial charge on any atom is -0.507 e. The van der Waals surface area contributed by atoms with E-state index in [1.165, 1.54) is 0 Å². The van der Waals surface area contributed by atoms with Gasteiger partial charge in [-0.25, -0.2) is 0 Å². The van der Waals surface area contributed by atoms with Gasteiger partial charge in [0.15, 0.2) is 0 Å². The van der Waals surface area contributed by atoms with Gasteiger partial charge in [0, 0.05) is 35.6 Å². The van der Waals surface area contributed by atoms with Crippen molar-refractivity contribution in [2.75, 3.05) is 38.6 Å². The Bertz CT molecular complexity index is 484. The first-order chi connectivity index (χ1) is 9.61. The molecule has 20 heavy (non-hydrogen) atoms. The predicted molar refractivity (Wildman–Crippen MR) is 88.5 cm³/mol. The summed E-state index contributed by atoms with van der Waals surface area (Å²) in [5, 5.41) is 9.86. The van der Waals surface area contributed by atoms with E-state index in [9.17, 15) is 9.90 Å². The van der Waals surface area contributed by atoms with Crippen molar-refractivity contribution in [2.45, 2.75) is 6.42 Å². The van der Waals surface area contributed by atoms with Gasteiger partial charge in [-0.15, -0.1) is 11.6 Å². The number of nitrogens with zero attached hydrogens (tertiary/aromatic N) is 2. The molecule has 6 heteroatoms. The molecule has 1 aromatic rings. The van der Waals surface area contributed by atoms with Crippen molar-refractivity contribution in [3.63, 3.8) is 0 Å². The summed E-state index contributed by atoms with van der Waals surface area (Å²) in [6, 6.07) is 5.10. The summed E-state index contributed by atoms with van der Waals surface area (Å²) in [5.74, 6) is 0.581. The minimum absolute atomic E-state index is 0.0530. The lowest BCUT2D eigenvalue weighted by atomic mass is 10.1. The fraction of sp³-hybridized carbons (Fsp3) is 0.500. The summed E-state index contributed by atoms with van der Waals surface area (Å²) in [4.78, 5) is 16.6. The minimum atomic E-state index is -0.0891. The molecule has 110 valence electrons. The average Bonchev–Trinajstić information content (AvgIpc) is 2.67. The smallest absolute Gasteiger partial charge is 0.257 e. The topological polar surface area (TPSA) is 43.8 Å². The molecule has 0 aromatic heterocycles. The standard InChI is InChI=1S/C14H18ClIN2O2/c15-4-7-17-5-1-6-18(9-8-17)14(20)12-10-11(16)2-3-13(12)19/h2-3,10,19H,1,4-9H2. The average molecular weight is 409 g/mol. The number of benzene rings is 1. The molecule has 1 fully saturated rings. The molecule has 1 saturated heterocycles. The maximum Gasteiger partial charge on any atom is 0.257 e. The second-order valence-corrected chi connectivity index (χ2v) is 6.46. The van der Waals surface area contributed by atoms with Crippen LogP contribution in [-0.4, -0.2) is 59.4 Å². The van der Waals surface area contributed by atoms with Crippen LogP contribution in [0.5, 0.6) is 5.75 Å². The van der Waals surface area contributed by atoms with Gasteiger partial charge < -0.3 is 14.9 Å². The largest absolute Gasteiger partial charge is 0.507 e. The van der Waals surface area contributed by atoms with E-state index in [4.69, 9.17) is 11.6 Å². The van der Waals surface area contributed by atoms with Crippen LogP contribution in [0.4, 0.5) is 0 Å². The Morgan fingerprint density at radius 1 is 1.30 bits per heavy atom. The first-order valence-corrected chi connectivity index (χ1v) is 8.29. The predicted octanol–water partition coefficient (Wildman–Crippen LogP) is 2.38. The van der Waals surface area contributed by atoms with Gasteiger partial charge in [-0.05, 0) is 53.8 Å². The number of carbonyl (C=O) groups excluding carboxylic acids is 1. The number of amides is 1. The highest BCUT2D eigenvalue weighted by atomic mass is 127. The molecule has 1 N–H and O–H groups in total. The van der Waals surface area contributed by atoms with E-state index in [1.807, 2.05) is 4.90 Å². The summed E-state index contributed by atoms with van der Waals surface area (Å²) in [7, 11) is 0. The monoisotopic (exact) mass is 408 g/mol. The summed E-state index contributed by atoms with van der Waals surface area (Å²) < 4.78 is 0.947. The quantitative estimate of drug-likeness (QED) is 0.617. The van der Waals surface area contributed by atoms with E-state index in [0.717, 1.165) is 36.2 Å². The normalized spacial score (nSPS) is 17.0. The maximum atomic E-state index is 12.5. The van der Waals surface area contributed by atoms with Gasteiger partial charge in [0.05, 0.1) is 5.56 Å². The molecule has 0 aliphatic carbocycles. The molecule has 1 heterocycles. The third-order valence-corrected chi connectivity index (χ3v) is 4.31. The second kappa shape index (κ2) is 7.47. The van der Waals surface area contributed by atoms with Crippen LogP contribution in [0.25, 0.3) is 0 Å². The highest BCUT2D eigenvalue weighted by molar-refractivity contribution is 14.1. The summed E-state index contributed by atoms with van der Waals surface area (Å²) in [6.45, 7) is 4.07. The molecular weight excluding hydrogens is 391 g/mol. The lowest BCUT2D eigenvalue weighted by molar-refractivity contribution is 0.0758. The fourth-order valence-corrected chi connectivity index (χ4v) is 3.10. The number of hydrogen-bond acceptors (Lipinski definition) is 3. The summed E-state index contributed by atoms with van der Waals surface area (Å²) in [6.07, 6.45) is 0.938. The van der Waals surface area contributed by atoms with Crippen LogP contribution in [0.2, 0.25) is 0 Å². The Balaban J connectivity index is 2.07.